The summed E-state index contributed by atoms with van der Waals surface area (Å²) in [5.74, 6) is 0. The predicted molar refractivity (Wildman–Crippen MR) is 99.0 cm³/mol. The van der Waals surface area contributed by atoms with E-state index >= 15 is 0 Å². The van der Waals surface area contributed by atoms with Gasteiger partial charge in [0.25, 0.3) is 0 Å². The highest BCUT2D eigenvalue weighted by Crippen LogP contribution is 2.28. The molecule has 1 radical (unpaired) electrons. The summed E-state index contributed by atoms with van der Waals surface area (Å²) in [5, 5.41) is 11.5. The number of fused-ring (bicyclic) bond motifs is 1. The summed E-state index contributed by atoms with van der Waals surface area (Å²) in [4.78, 5) is 4.44. The predicted octanol–water partition coefficient (Wildman–Crippen LogP) is 4.27. The first-order valence-corrected chi connectivity index (χ1v) is 7.94. The van der Waals surface area contributed by atoms with E-state index in [0.717, 1.165) is 27.8 Å². The van der Waals surface area contributed by atoms with Crippen LogP contribution in [0.2, 0.25) is 0 Å². The summed E-state index contributed by atoms with van der Waals surface area (Å²) < 4.78 is 2.00. The lowest BCUT2D eigenvalue weighted by molar-refractivity contribution is 0.798. The molecule has 0 spiro atoms. The van der Waals surface area contributed by atoms with Crippen LogP contribution in [0, 0.1) is 17.4 Å². The van der Waals surface area contributed by atoms with Gasteiger partial charge in [-0.2, -0.15) is 5.26 Å². The van der Waals surface area contributed by atoms with Gasteiger partial charge in [0, 0.05) is 12.6 Å². The Kier molecular flexibility index (Phi) is 3.68. The average molecular weight is 323 g/mol. The number of hydrogen-bond acceptors (Lipinski definition) is 3. The second-order valence-corrected chi connectivity index (χ2v) is 5.73. The van der Waals surface area contributed by atoms with Crippen molar-refractivity contribution in [3.8, 4) is 17.2 Å². The number of rotatable bonds is 3. The molecular weight excluding hydrogens is 308 g/mol. The molecule has 0 aliphatic heterocycles. The molecule has 4 rings (SSSR count). The van der Waals surface area contributed by atoms with Crippen molar-refractivity contribution in [1.29, 1.82) is 5.26 Å². The van der Waals surface area contributed by atoms with Gasteiger partial charge in [-0.15, -0.1) is 0 Å². The van der Waals surface area contributed by atoms with Gasteiger partial charge < -0.3 is 0 Å². The molecule has 0 N–H and O–H groups in total. The number of nitrogens with zero attached hydrogens (tertiary/aromatic N) is 4. The number of para-hydroxylation sites is 2. The van der Waals surface area contributed by atoms with E-state index in [4.69, 9.17) is 0 Å². The number of anilines is 1. The van der Waals surface area contributed by atoms with Crippen molar-refractivity contribution >= 4 is 16.7 Å². The van der Waals surface area contributed by atoms with E-state index in [0.29, 0.717) is 5.56 Å². The van der Waals surface area contributed by atoms with Crippen LogP contribution >= 0.6 is 0 Å². The molecule has 3 aromatic carbocycles. The maximum atomic E-state index is 9.45. The van der Waals surface area contributed by atoms with Crippen LogP contribution in [0.5, 0.6) is 0 Å². The van der Waals surface area contributed by atoms with E-state index < -0.39 is 0 Å². The van der Waals surface area contributed by atoms with Crippen molar-refractivity contribution in [2.75, 3.05) is 12.1 Å². The second-order valence-electron chi connectivity index (χ2n) is 5.73. The minimum atomic E-state index is 0.652. The zero-order valence-electron chi connectivity index (χ0n) is 13.7. The van der Waals surface area contributed by atoms with E-state index in [2.05, 4.69) is 17.1 Å². The summed E-state index contributed by atoms with van der Waals surface area (Å²) in [6, 6.07) is 26.8. The SMILES string of the molecule is CN(c1ccc(C#N)c(-c2cc[c]cc2)c1)n1cnc2ccccc21. The van der Waals surface area contributed by atoms with Gasteiger partial charge in [0.15, 0.2) is 0 Å². The lowest BCUT2D eigenvalue weighted by Gasteiger charge is -2.22. The molecule has 1 aromatic heterocycles. The summed E-state index contributed by atoms with van der Waals surface area (Å²) in [6.45, 7) is 0. The fraction of sp³-hybridized carbons (Fsp3) is 0.0476. The Morgan fingerprint density at radius 3 is 2.68 bits per heavy atom. The minimum absolute atomic E-state index is 0.652. The Morgan fingerprint density at radius 2 is 1.88 bits per heavy atom. The Balaban J connectivity index is 1.82. The summed E-state index contributed by atoms with van der Waals surface area (Å²) in [6.07, 6.45) is 1.81. The fourth-order valence-electron chi connectivity index (χ4n) is 2.95. The first-order valence-electron chi connectivity index (χ1n) is 7.94. The maximum absolute atomic E-state index is 9.45. The van der Waals surface area contributed by atoms with Crippen LogP contribution in [0.15, 0.2) is 73.1 Å². The molecular formula is C21H15N4. The molecule has 0 aliphatic rings. The topological polar surface area (TPSA) is 44.9 Å². The van der Waals surface area contributed by atoms with Crippen molar-refractivity contribution in [3.05, 3.63) is 84.7 Å². The maximum Gasteiger partial charge on any atom is 0.116 e. The smallest absolute Gasteiger partial charge is 0.116 e. The van der Waals surface area contributed by atoms with E-state index in [1.807, 2.05) is 83.5 Å². The lowest BCUT2D eigenvalue weighted by Crippen LogP contribution is -2.23. The number of aromatic nitrogens is 2. The Bertz CT molecular complexity index is 1070. The van der Waals surface area contributed by atoms with E-state index in [9.17, 15) is 5.26 Å². The molecule has 0 amide bonds. The van der Waals surface area contributed by atoms with Crippen LogP contribution in [0.25, 0.3) is 22.2 Å². The van der Waals surface area contributed by atoms with Crippen LogP contribution < -0.4 is 5.01 Å². The molecule has 0 saturated carbocycles. The van der Waals surface area contributed by atoms with Gasteiger partial charge in [0.2, 0.25) is 0 Å². The van der Waals surface area contributed by atoms with Crippen LogP contribution in [0.3, 0.4) is 0 Å². The minimum Gasteiger partial charge on any atom is -0.283 e. The third kappa shape index (κ3) is 2.62. The first-order chi connectivity index (χ1) is 12.3. The largest absolute Gasteiger partial charge is 0.283 e. The van der Waals surface area contributed by atoms with Crippen molar-refractivity contribution < 1.29 is 0 Å². The highest BCUT2D eigenvalue weighted by Gasteiger charge is 2.11. The fourth-order valence-corrected chi connectivity index (χ4v) is 2.95. The summed E-state index contributed by atoms with van der Waals surface area (Å²) >= 11 is 0. The van der Waals surface area contributed by atoms with Gasteiger partial charge in [0.05, 0.1) is 28.4 Å². The average Bonchev–Trinajstić information content (AvgIpc) is 3.11. The number of nitriles is 1. The van der Waals surface area contributed by atoms with Crippen molar-refractivity contribution in [3.63, 3.8) is 0 Å². The van der Waals surface area contributed by atoms with Crippen LogP contribution in [-0.2, 0) is 0 Å². The van der Waals surface area contributed by atoms with E-state index in [-0.39, 0.29) is 0 Å². The number of hydrogen-bond donors (Lipinski definition) is 0. The molecule has 0 fully saturated rings. The molecule has 0 atom stereocenters. The normalized spacial score (nSPS) is 10.6. The lowest BCUT2D eigenvalue weighted by atomic mass is 9.99. The van der Waals surface area contributed by atoms with Gasteiger partial charge in [-0.05, 0) is 42.0 Å². The Morgan fingerprint density at radius 1 is 1.08 bits per heavy atom. The van der Waals surface area contributed by atoms with E-state index in [1.54, 1.807) is 6.33 Å². The molecule has 4 heteroatoms. The molecule has 119 valence electrons. The third-order valence-corrected chi connectivity index (χ3v) is 4.28. The highest BCUT2D eigenvalue weighted by molar-refractivity contribution is 5.78. The van der Waals surface area contributed by atoms with Gasteiger partial charge >= 0.3 is 0 Å². The molecule has 4 nitrogen and oxygen atoms in total. The quantitative estimate of drug-likeness (QED) is 0.565. The van der Waals surface area contributed by atoms with Gasteiger partial charge in [-0.25, -0.2) is 9.66 Å². The number of imidazole rings is 1. The zero-order valence-corrected chi connectivity index (χ0v) is 13.7. The van der Waals surface area contributed by atoms with E-state index in [1.165, 1.54) is 0 Å². The van der Waals surface area contributed by atoms with Crippen LogP contribution in [0.4, 0.5) is 5.69 Å². The molecule has 0 bridgehead atoms. The summed E-state index contributed by atoms with van der Waals surface area (Å²) in [7, 11) is 1.98. The van der Waals surface area contributed by atoms with Crippen LogP contribution in [-0.4, -0.2) is 16.7 Å². The van der Waals surface area contributed by atoms with Gasteiger partial charge in [-0.1, -0.05) is 36.4 Å². The molecule has 1 heterocycles. The van der Waals surface area contributed by atoms with Crippen molar-refractivity contribution in [1.82, 2.24) is 9.66 Å². The standard InChI is InChI=1S/C21H15N4/c1-24(25-15-23-20-9-5-6-10-21(20)25)18-12-11-17(14-22)19(13-18)16-7-3-2-4-8-16/h3-13,15H,1H3. The Labute approximate surface area is 146 Å². The molecule has 4 aromatic rings. The monoisotopic (exact) mass is 323 g/mol. The zero-order chi connectivity index (χ0) is 17.2. The highest BCUT2D eigenvalue weighted by atomic mass is 15.5. The van der Waals surface area contributed by atoms with Gasteiger partial charge in [-0.3, -0.25) is 5.01 Å². The third-order valence-electron chi connectivity index (χ3n) is 4.28. The van der Waals surface area contributed by atoms with Crippen molar-refractivity contribution in [2.45, 2.75) is 0 Å². The van der Waals surface area contributed by atoms with Crippen LogP contribution in [0.1, 0.15) is 5.56 Å². The second kappa shape index (κ2) is 6.14. The van der Waals surface area contributed by atoms with Crippen molar-refractivity contribution in [2.24, 2.45) is 0 Å². The first kappa shape index (κ1) is 15.0. The van der Waals surface area contributed by atoms with Gasteiger partial charge in [0.1, 0.15) is 6.33 Å². The molecule has 25 heavy (non-hydrogen) atoms. The summed E-state index contributed by atoms with van der Waals surface area (Å²) in [5.41, 5.74) is 5.52. The Hall–Kier alpha value is -3.58. The number of benzene rings is 3. The molecule has 0 aliphatic carbocycles. The molecule has 0 unspecified atom stereocenters. The molecule has 0 saturated heterocycles.